The number of nitriles is 1. The SMILES string of the molecule is CC(C)CNC(=O)C(C)Nc1cc(F)cc(C#N)c1. The van der Waals surface area contributed by atoms with Crippen molar-refractivity contribution >= 4 is 11.6 Å². The number of halogens is 1. The highest BCUT2D eigenvalue weighted by atomic mass is 19.1. The van der Waals surface area contributed by atoms with Crippen molar-refractivity contribution in [1.29, 1.82) is 5.26 Å². The molecule has 0 aliphatic carbocycles. The van der Waals surface area contributed by atoms with Gasteiger partial charge in [-0.15, -0.1) is 0 Å². The molecule has 1 rings (SSSR count). The highest BCUT2D eigenvalue weighted by Gasteiger charge is 2.13. The van der Waals surface area contributed by atoms with Gasteiger partial charge in [0.2, 0.25) is 5.91 Å². The van der Waals surface area contributed by atoms with Crippen LogP contribution in [0.3, 0.4) is 0 Å². The molecule has 4 nitrogen and oxygen atoms in total. The minimum absolute atomic E-state index is 0.156. The van der Waals surface area contributed by atoms with Crippen LogP contribution in [0.5, 0.6) is 0 Å². The van der Waals surface area contributed by atoms with Gasteiger partial charge in [0.05, 0.1) is 11.6 Å². The smallest absolute Gasteiger partial charge is 0.242 e. The van der Waals surface area contributed by atoms with Gasteiger partial charge in [0.25, 0.3) is 0 Å². The number of nitrogens with zero attached hydrogens (tertiary/aromatic N) is 1. The number of rotatable bonds is 5. The molecule has 1 amide bonds. The summed E-state index contributed by atoms with van der Waals surface area (Å²) in [5, 5.41) is 14.4. The molecule has 0 heterocycles. The Morgan fingerprint density at radius 1 is 1.37 bits per heavy atom. The molecular weight excluding hydrogens is 245 g/mol. The fourth-order valence-electron chi connectivity index (χ4n) is 1.51. The molecule has 0 bridgehead atoms. The molecule has 1 aromatic carbocycles. The van der Waals surface area contributed by atoms with Crippen LogP contribution in [0.25, 0.3) is 0 Å². The standard InChI is InChI=1S/C14H18FN3O/c1-9(2)8-17-14(19)10(3)18-13-5-11(7-16)4-12(15)6-13/h4-6,9-10,18H,8H2,1-3H3,(H,17,19). The molecule has 0 aliphatic rings. The molecule has 0 fully saturated rings. The van der Waals surface area contributed by atoms with E-state index in [2.05, 4.69) is 10.6 Å². The average Bonchev–Trinajstić information content (AvgIpc) is 2.34. The van der Waals surface area contributed by atoms with Crippen molar-refractivity contribution in [3.8, 4) is 6.07 Å². The van der Waals surface area contributed by atoms with E-state index >= 15 is 0 Å². The normalized spacial score (nSPS) is 11.8. The zero-order chi connectivity index (χ0) is 14.4. The minimum atomic E-state index is -0.503. The summed E-state index contributed by atoms with van der Waals surface area (Å²) in [7, 11) is 0. The topological polar surface area (TPSA) is 64.9 Å². The van der Waals surface area contributed by atoms with E-state index in [0.717, 1.165) is 6.07 Å². The van der Waals surface area contributed by atoms with E-state index in [9.17, 15) is 9.18 Å². The van der Waals surface area contributed by atoms with Crippen LogP contribution < -0.4 is 10.6 Å². The van der Waals surface area contributed by atoms with Gasteiger partial charge in [0.15, 0.2) is 0 Å². The van der Waals surface area contributed by atoms with Crippen LogP contribution in [-0.4, -0.2) is 18.5 Å². The summed E-state index contributed by atoms with van der Waals surface area (Å²) in [6.07, 6.45) is 0. The Balaban J connectivity index is 2.66. The highest BCUT2D eigenvalue weighted by Crippen LogP contribution is 2.14. The molecule has 0 saturated heterocycles. The van der Waals surface area contributed by atoms with Gasteiger partial charge < -0.3 is 10.6 Å². The fourth-order valence-corrected chi connectivity index (χ4v) is 1.51. The van der Waals surface area contributed by atoms with Gasteiger partial charge in [-0.2, -0.15) is 5.26 Å². The van der Waals surface area contributed by atoms with Crippen LogP contribution in [0.2, 0.25) is 0 Å². The Hall–Kier alpha value is -2.09. The van der Waals surface area contributed by atoms with Crippen LogP contribution >= 0.6 is 0 Å². The summed E-state index contributed by atoms with van der Waals surface area (Å²) in [6, 6.07) is 5.29. The van der Waals surface area contributed by atoms with E-state index in [-0.39, 0.29) is 11.5 Å². The molecule has 0 spiro atoms. The predicted octanol–water partition coefficient (Wildman–Crippen LogP) is 2.27. The maximum atomic E-state index is 13.2. The van der Waals surface area contributed by atoms with Gasteiger partial charge in [0.1, 0.15) is 11.9 Å². The first-order valence-corrected chi connectivity index (χ1v) is 6.17. The lowest BCUT2D eigenvalue weighted by molar-refractivity contribution is -0.121. The predicted molar refractivity (Wildman–Crippen MR) is 72.0 cm³/mol. The lowest BCUT2D eigenvalue weighted by atomic mass is 10.2. The first-order chi connectivity index (χ1) is 8.92. The maximum absolute atomic E-state index is 13.2. The van der Waals surface area contributed by atoms with E-state index in [1.807, 2.05) is 19.9 Å². The van der Waals surface area contributed by atoms with Crippen molar-refractivity contribution < 1.29 is 9.18 Å². The molecule has 1 unspecified atom stereocenters. The second-order valence-electron chi connectivity index (χ2n) is 4.85. The van der Waals surface area contributed by atoms with Gasteiger partial charge >= 0.3 is 0 Å². The van der Waals surface area contributed by atoms with Crippen molar-refractivity contribution in [3.63, 3.8) is 0 Å². The lowest BCUT2D eigenvalue weighted by Crippen LogP contribution is -2.39. The zero-order valence-corrected chi connectivity index (χ0v) is 11.3. The third-order valence-electron chi connectivity index (χ3n) is 2.49. The molecule has 102 valence electrons. The zero-order valence-electron chi connectivity index (χ0n) is 11.3. The van der Waals surface area contributed by atoms with Gasteiger partial charge in [-0.1, -0.05) is 13.8 Å². The molecule has 2 N–H and O–H groups in total. The second kappa shape index (κ2) is 6.74. The molecule has 0 radical (unpaired) electrons. The van der Waals surface area contributed by atoms with Gasteiger partial charge in [-0.25, -0.2) is 4.39 Å². The summed E-state index contributed by atoms with van der Waals surface area (Å²) in [4.78, 5) is 11.8. The number of nitrogens with one attached hydrogen (secondary N) is 2. The number of hydrogen-bond acceptors (Lipinski definition) is 3. The van der Waals surface area contributed by atoms with Crippen LogP contribution in [-0.2, 0) is 4.79 Å². The molecule has 5 heteroatoms. The molecule has 1 atom stereocenters. The Bertz CT molecular complexity index is 494. The summed E-state index contributed by atoms with van der Waals surface area (Å²) in [5.74, 6) is -0.289. The summed E-state index contributed by atoms with van der Waals surface area (Å²) >= 11 is 0. The van der Waals surface area contributed by atoms with Crippen LogP contribution in [0, 0.1) is 23.1 Å². The largest absolute Gasteiger partial charge is 0.374 e. The first-order valence-electron chi connectivity index (χ1n) is 6.17. The summed E-state index contributed by atoms with van der Waals surface area (Å²) in [6.45, 7) is 6.29. The van der Waals surface area contributed by atoms with Crippen molar-refractivity contribution in [3.05, 3.63) is 29.6 Å². The average molecular weight is 263 g/mol. The van der Waals surface area contributed by atoms with Gasteiger partial charge in [-0.05, 0) is 31.0 Å². The number of carbonyl (C=O) groups is 1. The van der Waals surface area contributed by atoms with Crippen molar-refractivity contribution in [1.82, 2.24) is 5.32 Å². The number of carbonyl (C=O) groups excluding carboxylic acids is 1. The van der Waals surface area contributed by atoms with E-state index in [0.29, 0.717) is 18.2 Å². The highest BCUT2D eigenvalue weighted by molar-refractivity contribution is 5.84. The first kappa shape index (κ1) is 15.0. The molecule has 0 aliphatic heterocycles. The fraction of sp³-hybridized carbons (Fsp3) is 0.429. The number of hydrogen-bond donors (Lipinski definition) is 2. The monoisotopic (exact) mass is 263 g/mol. The molecule has 0 saturated carbocycles. The van der Waals surface area contributed by atoms with Crippen LogP contribution in [0.4, 0.5) is 10.1 Å². The van der Waals surface area contributed by atoms with Gasteiger partial charge in [0, 0.05) is 12.2 Å². The second-order valence-corrected chi connectivity index (χ2v) is 4.85. The lowest BCUT2D eigenvalue weighted by Gasteiger charge is -2.16. The third kappa shape index (κ3) is 4.96. The molecule has 19 heavy (non-hydrogen) atoms. The van der Waals surface area contributed by atoms with Crippen LogP contribution in [0.15, 0.2) is 18.2 Å². The number of anilines is 1. The van der Waals surface area contributed by atoms with Crippen LogP contribution in [0.1, 0.15) is 26.3 Å². The van der Waals surface area contributed by atoms with Crippen molar-refractivity contribution in [2.45, 2.75) is 26.8 Å². The quantitative estimate of drug-likeness (QED) is 0.856. The van der Waals surface area contributed by atoms with Crippen molar-refractivity contribution in [2.75, 3.05) is 11.9 Å². The van der Waals surface area contributed by atoms with E-state index in [1.54, 1.807) is 6.92 Å². The number of amides is 1. The molecular formula is C14H18FN3O. The Kier molecular flexibility index (Phi) is 5.31. The summed E-state index contributed by atoms with van der Waals surface area (Å²) in [5.41, 5.74) is 0.640. The Morgan fingerprint density at radius 3 is 2.63 bits per heavy atom. The maximum Gasteiger partial charge on any atom is 0.242 e. The van der Waals surface area contributed by atoms with Gasteiger partial charge in [-0.3, -0.25) is 4.79 Å². The van der Waals surface area contributed by atoms with E-state index in [4.69, 9.17) is 5.26 Å². The molecule has 1 aromatic rings. The number of benzene rings is 1. The summed E-state index contributed by atoms with van der Waals surface area (Å²) < 4.78 is 13.2. The van der Waals surface area contributed by atoms with Crippen molar-refractivity contribution in [2.24, 2.45) is 5.92 Å². The third-order valence-corrected chi connectivity index (χ3v) is 2.49. The van der Waals surface area contributed by atoms with E-state index < -0.39 is 11.9 Å². The Morgan fingerprint density at radius 2 is 2.05 bits per heavy atom. The van der Waals surface area contributed by atoms with E-state index in [1.165, 1.54) is 12.1 Å². The Labute approximate surface area is 112 Å². The molecule has 0 aromatic heterocycles. The minimum Gasteiger partial charge on any atom is -0.374 e.